The van der Waals surface area contributed by atoms with Crippen molar-refractivity contribution in [2.75, 3.05) is 0 Å². The summed E-state index contributed by atoms with van der Waals surface area (Å²) in [5.41, 5.74) is 0.873. The lowest BCUT2D eigenvalue weighted by Gasteiger charge is -2.28. The van der Waals surface area contributed by atoms with Gasteiger partial charge >= 0.3 is 0 Å². The van der Waals surface area contributed by atoms with Gasteiger partial charge in [0.2, 0.25) is 0 Å². The molecular formula is C15H19NO. The van der Waals surface area contributed by atoms with Gasteiger partial charge in [0, 0.05) is 24.1 Å². The van der Waals surface area contributed by atoms with Crippen molar-refractivity contribution < 1.29 is 4.79 Å². The minimum absolute atomic E-state index is 0.317. The lowest BCUT2D eigenvalue weighted by atomic mass is 9.87. The van der Waals surface area contributed by atoms with Gasteiger partial charge in [-0.05, 0) is 31.6 Å². The Kier molecular flexibility index (Phi) is 2.98. The third kappa shape index (κ3) is 2.42. The highest BCUT2D eigenvalue weighted by Gasteiger charge is 2.34. The Balaban J connectivity index is 1.62. The molecule has 2 fully saturated rings. The zero-order valence-corrected chi connectivity index (χ0v) is 10.1. The van der Waals surface area contributed by atoms with Gasteiger partial charge in [-0.25, -0.2) is 0 Å². The number of fused-ring (bicyclic) bond motifs is 2. The van der Waals surface area contributed by atoms with Crippen LogP contribution in [-0.2, 0) is 0 Å². The fraction of sp³-hybridized carbons (Fsp3) is 0.533. The highest BCUT2D eigenvalue weighted by atomic mass is 16.1. The molecule has 0 aliphatic carbocycles. The topological polar surface area (TPSA) is 29.1 Å². The highest BCUT2D eigenvalue weighted by molar-refractivity contribution is 5.96. The number of ketones is 1. The average Bonchev–Trinajstić information content (AvgIpc) is 2.70. The predicted molar refractivity (Wildman–Crippen MR) is 68.1 cm³/mol. The van der Waals surface area contributed by atoms with E-state index in [9.17, 15) is 4.79 Å². The number of nitrogens with one attached hydrogen (secondary N) is 1. The zero-order valence-electron chi connectivity index (χ0n) is 10.1. The number of carbonyl (C=O) groups excluding carboxylic acids is 1. The number of hydrogen-bond donors (Lipinski definition) is 1. The van der Waals surface area contributed by atoms with Crippen LogP contribution in [0.2, 0.25) is 0 Å². The Labute approximate surface area is 102 Å². The van der Waals surface area contributed by atoms with Crippen LogP contribution in [0, 0.1) is 5.92 Å². The average molecular weight is 229 g/mol. The van der Waals surface area contributed by atoms with E-state index in [0.717, 1.165) is 12.0 Å². The van der Waals surface area contributed by atoms with E-state index in [1.165, 1.54) is 25.7 Å². The molecule has 0 amide bonds. The summed E-state index contributed by atoms with van der Waals surface area (Å²) in [5.74, 6) is 0.915. The Morgan fingerprint density at radius 2 is 1.76 bits per heavy atom. The summed E-state index contributed by atoms with van der Waals surface area (Å²) in [6, 6.07) is 11.1. The van der Waals surface area contributed by atoms with Crippen LogP contribution in [-0.4, -0.2) is 17.9 Å². The van der Waals surface area contributed by atoms with Gasteiger partial charge in [-0.15, -0.1) is 0 Å². The minimum Gasteiger partial charge on any atom is -0.311 e. The summed E-state index contributed by atoms with van der Waals surface area (Å²) < 4.78 is 0. The van der Waals surface area contributed by atoms with Crippen molar-refractivity contribution in [1.82, 2.24) is 5.32 Å². The first-order valence-corrected chi connectivity index (χ1v) is 6.65. The SMILES string of the molecule is O=C(CC1C[C@H]2CC[C@@H](C1)N2)c1ccccc1. The molecule has 2 heteroatoms. The molecule has 90 valence electrons. The van der Waals surface area contributed by atoms with Crippen molar-refractivity contribution in [2.24, 2.45) is 5.92 Å². The quantitative estimate of drug-likeness (QED) is 0.807. The molecule has 1 N–H and O–H groups in total. The number of benzene rings is 1. The number of rotatable bonds is 3. The highest BCUT2D eigenvalue weighted by Crippen LogP contribution is 2.33. The number of piperidine rings is 1. The van der Waals surface area contributed by atoms with E-state index in [1.54, 1.807) is 0 Å². The lowest BCUT2D eigenvalue weighted by Crippen LogP contribution is -2.38. The van der Waals surface area contributed by atoms with Crippen LogP contribution in [0.25, 0.3) is 0 Å². The molecule has 1 unspecified atom stereocenters. The Bertz CT molecular complexity index is 389. The van der Waals surface area contributed by atoms with Gasteiger partial charge in [0.05, 0.1) is 0 Å². The van der Waals surface area contributed by atoms with Gasteiger partial charge < -0.3 is 5.32 Å². The van der Waals surface area contributed by atoms with Gasteiger partial charge in [0.15, 0.2) is 5.78 Å². The van der Waals surface area contributed by atoms with Crippen molar-refractivity contribution in [3.63, 3.8) is 0 Å². The summed E-state index contributed by atoms with van der Waals surface area (Å²) in [7, 11) is 0. The molecule has 0 aromatic heterocycles. The fourth-order valence-corrected chi connectivity index (χ4v) is 3.35. The van der Waals surface area contributed by atoms with E-state index in [-0.39, 0.29) is 0 Å². The van der Waals surface area contributed by atoms with E-state index in [0.29, 0.717) is 23.8 Å². The van der Waals surface area contributed by atoms with E-state index >= 15 is 0 Å². The van der Waals surface area contributed by atoms with Gasteiger partial charge in [-0.3, -0.25) is 4.79 Å². The molecule has 2 saturated heterocycles. The minimum atomic E-state index is 0.317. The number of Topliss-reactive ketones (excluding diaryl/α,β-unsaturated/α-hetero) is 1. The summed E-state index contributed by atoms with van der Waals surface area (Å²) in [6.45, 7) is 0. The monoisotopic (exact) mass is 229 g/mol. The second kappa shape index (κ2) is 4.61. The first-order valence-electron chi connectivity index (χ1n) is 6.65. The van der Waals surface area contributed by atoms with Crippen LogP contribution < -0.4 is 5.32 Å². The zero-order chi connectivity index (χ0) is 11.7. The lowest BCUT2D eigenvalue weighted by molar-refractivity contribution is 0.0945. The van der Waals surface area contributed by atoms with E-state index in [2.05, 4.69) is 5.32 Å². The van der Waals surface area contributed by atoms with Crippen LogP contribution in [0.3, 0.4) is 0 Å². The molecule has 2 aliphatic rings. The van der Waals surface area contributed by atoms with E-state index in [1.807, 2.05) is 30.3 Å². The van der Waals surface area contributed by atoms with Crippen LogP contribution in [0.15, 0.2) is 30.3 Å². The third-order valence-electron chi connectivity index (χ3n) is 4.14. The molecule has 3 atom stereocenters. The summed E-state index contributed by atoms with van der Waals surface area (Å²) in [4.78, 5) is 12.1. The van der Waals surface area contributed by atoms with Crippen molar-refractivity contribution in [1.29, 1.82) is 0 Å². The van der Waals surface area contributed by atoms with Crippen LogP contribution in [0.5, 0.6) is 0 Å². The second-order valence-electron chi connectivity index (χ2n) is 5.47. The molecule has 2 aliphatic heterocycles. The van der Waals surface area contributed by atoms with E-state index in [4.69, 9.17) is 0 Å². The summed E-state index contributed by atoms with van der Waals surface area (Å²) in [5, 5.41) is 3.62. The van der Waals surface area contributed by atoms with Crippen LogP contribution in [0.1, 0.15) is 42.5 Å². The standard InChI is InChI=1S/C15H19NO/c17-15(12-4-2-1-3-5-12)10-11-8-13-6-7-14(9-11)16-13/h1-5,11,13-14,16H,6-10H2/t11?,13-,14+. The molecule has 2 heterocycles. The van der Waals surface area contributed by atoms with Gasteiger partial charge in [-0.2, -0.15) is 0 Å². The first-order chi connectivity index (χ1) is 8.31. The van der Waals surface area contributed by atoms with Crippen molar-refractivity contribution in [3.05, 3.63) is 35.9 Å². The fourth-order valence-electron chi connectivity index (χ4n) is 3.35. The van der Waals surface area contributed by atoms with Gasteiger partial charge in [0.25, 0.3) is 0 Å². The molecule has 17 heavy (non-hydrogen) atoms. The molecule has 3 rings (SSSR count). The van der Waals surface area contributed by atoms with Crippen molar-refractivity contribution >= 4 is 5.78 Å². The normalized spacial score (nSPS) is 31.4. The maximum absolute atomic E-state index is 12.1. The Morgan fingerprint density at radius 1 is 1.12 bits per heavy atom. The maximum atomic E-state index is 12.1. The van der Waals surface area contributed by atoms with Gasteiger partial charge in [-0.1, -0.05) is 30.3 Å². The van der Waals surface area contributed by atoms with Crippen LogP contribution in [0.4, 0.5) is 0 Å². The van der Waals surface area contributed by atoms with Crippen LogP contribution >= 0.6 is 0 Å². The molecule has 0 saturated carbocycles. The molecule has 0 spiro atoms. The van der Waals surface area contributed by atoms with Crippen molar-refractivity contribution in [2.45, 2.75) is 44.2 Å². The third-order valence-corrected chi connectivity index (χ3v) is 4.14. The Hall–Kier alpha value is -1.15. The predicted octanol–water partition coefficient (Wildman–Crippen LogP) is 2.79. The van der Waals surface area contributed by atoms with Crippen molar-refractivity contribution in [3.8, 4) is 0 Å². The molecule has 1 aromatic carbocycles. The second-order valence-corrected chi connectivity index (χ2v) is 5.47. The first kappa shape index (κ1) is 11.0. The van der Waals surface area contributed by atoms with Gasteiger partial charge in [0.1, 0.15) is 0 Å². The molecular weight excluding hydrogens is 210 g/mol. The summed E-state index contributed by atoms with van der Waals surface area (Å²) >= 11 is 0. The Morgan fingerprint density at radius 3 is 2.41 bits per heavy atom. The largest absolute Gasteiger partial charge is 0.311 e. The molecule has 1 aromatic rings. The maximum Gasteiger partial charge on any atom is 0.163 e. The van der Waals surface area contributed by atoms with E-state index < -0.39 is 0 Å². The molecule has 2 bridgehead atoms. The number of carbonyl (C=O) groups is 1. The summed E-state index contributed by atoms with van der Waals surface area (Å²) in [6.07, 6.45) is 5.73. The smallest absolute Gasteiger partial charge is 0.163 e. The molecule has 0 radical (unpaired) electrons. The molecule has 2 nitrogen and oxygen atoms in total. The number of hydrogen-bond acceptors (Lipinski definition) is 2.